The maximum Gasteiger partial charge on any atom is 0.271 e. The van der Waals surface area contributed by atoms with E-state index in [2.05, 4.69) is 10.3 Å². The molecule has 0 radical (unpaired) electrons. The number of hydrogen-bond donors (Lipinski definition) is 2. The van der Waals surface area contributed by atoms with Crippen LogP contribution in [0.15, 0.2) is 30.3 Å². The molecule has 0 aromatic heterocycles. The predicted molar refractivity (Wildman–Crippen MR) is 146 cm³/mol. The van der Waals surface area contributed by atoms with Gasteiger partial charge in [-0.15, -0.1) is 0 Å². The lowest BCUT2D eigenvalue weighted by molar-refractivity contribution is -0.155. The molecular weight excluding hydrogens is 552 g/mol. The summed E-state index contributed by atoms with van der Waals surface area (Å²) in [5.74, 6) is 0.296. The summed E-state index contributed by atoms with van der Waals surface area (Å²) in [5, 5.41) is 11.0. The van der Waals surface area contributed by atoms with E-state index in [0.29, 0.717) is 51.9 Å². The molecule has 3 fully saturated rings. The molecule has 206 valence electrons. The van der Waals surface area contributed by atoms with E-state index in [4.69, 9.17) is 32.7 Å². The number of likely N-dealkylation sites (tertiary alicyclic amines) is 1. The lowest BCUT2D eigenvalue weighted by Crippen LogP contribution is -2.61. The second kappa shape index (κ2) is 11.9. The molecule has 2 aromatic carbocycles. The smallest absolute Gasteiger partial charge is 0.271 e. The number of ether oxygens (including phenoxy) is 2. The van der Waals surface area contributed by atoms with Crippen molar-refractivity contribution in [2.75, 3.05) is 38.7 Å². The molecule has 0 spiro atoms. The van der Waals surface area contributed by atoms with Gasteiger partial charge in [-0.3, -0.25) is 20.3 Å². The summed E-state index contributed by atoms with van der Waals surface area (Å²) in [6, 6.07) is 8.58. The molecule has 2 aliphatic heterocycles. The Morgan fingerprint density at radius 2 is 1.87 bits per heavy atom. The lowest BCUT2D eigenvalue weighted by Gasteiger charge is -2.52. The van der Waals surface area contributed by atoms with E-state index >= 15 is 0 Å². The molecule has 7 nitrogen and oxygen atoms in total. The molecule has 38 heavy (non-hydrogen) atoms. The van der Waals surface area contributed by atoms with E-state index in [1.54, 1.807) is 12.1 Å². The number of halogens is 3. The topological polar surface area (TPSA) is 74.3 Å². The van der Waals surface area contributed by atoms with Crippen LogP contribution in [0.25, 0.3) is 0 Å². The Balaban J connectivity index is 1.21. The van der Waals surface area contributed by atoms with Crippen molar-refractivity contribution in [3.63, 3.8) is 0 Å². The third-order valence-electron chi connectivity index (χ3n) is 7.59. The number of hydrogen-bond acceptors (Lipinski definition) is 7. The first kappa shape index (κ1) is 28.0. The average Bonchev–Trinajstić information content (AvgIpc) is 3.68. The molecule has 1 amide bonds. The molecule has 0 bridgehead atoms. The zero-order valence-electron chi connectivity index (χ0n) is 21.2. The highest BCUT2D eigenvalue weighted by molar-refractivity contribution is 7.96. The number of piperidine rings is 1. The number of amides is 1. The van der Waals surface area contributed by atoms with Gasteiger partial charge in [0, 0.05) is 21.9 Å². The van der Waals surface area contributed by atoms with Crippen LogP contribution in [0.2, 0.25) is 10.0 Å². The summed E-state index contributed by atoms with van der Waals surface area (Å²) in [6.07, 6.45) is 3.85. The van der Waals surface area contributed by atoms with Gasteiger partial charge in [0.1, 0.15) is 11.6 Å². The Labute approximate surface area is 236 Å². The highest BCUT2D eigenvalue weighted by Gasteiger charge is 2.47. The fraction of sp³-hybridized carbons (Fsp3) is 0.519. The summed E-state index contributed by atoms with van der Waals surface area (Å²) in [6.45, 7) is 5.31. The minimum absolute atomic E-state index is 0.0996. The number of carbonyl (C=O) groups excluding carboxylic acids is 1. The zero-order chi connectivity index (χ0) is 26.9. The van der Waals surface area contributed by atoms with Gasteiger partial charge in [-0.1, -0.05) is 30.1 Å². The van der Waals surface area contributed by atoms with Crippen LogP contribution in [0.4, 0.5) is 4.39 Å². The van der Waals surface area contributed by atoms with Gasteiger partial charge in [-0.05, 0) is 103 Å². The van der Waals surface area contributed by atoms with E-state index in [1.165, 1.54) is 6.07 Å². The average molecular weight is 585 g/mol. The second-order valence-electron chi connectivity index (χ2n) is 10.2. The van der Waals surface area contributed by atoms with Crippen LogP contribution in [0.1, 0.15) is 60.0 Å². The van der Waals surface area contributed by atoms with Crippen molar-refractivity contribution in [2.24, 2.45) is 5.92 Å². The minimum atomic E-state index is -0.693. The zero-order valence-corrected chi connectivity index (χ0v) is 23.5. The Kier molecular flexibility index (Phi) is 8.74. The summed E-state index contributed by atoms with van der Waals surface area (Å²) in [5.41, 5.74) is 3.90. The molecule has 2 saturated heterocycles. The van der Waals surface area contributed by atoms with Crippen molar-refractivity contribution in [1.29, 1.82) is 0 Å². The van der Waals surface area contributed by atoms with Gasteiger partial charge < -0.3 is 9.47 Å². The normalized spacial score (nSPS) is 19.8. The molecule has 1 saturated carbocycles. The first-order valence-electron chi connectivity index (χ1n) is 13.0. The number of rotatable bonds is 10. The molecule has 2 heterocycles. The largest absolute Gasteiger partial charge is 0.493 e. The van der Waals surface area contributed by atoms with Crippen molar-refractivity contribution in [3.8, 4) is 5.75 Å². The van der Waals surface area contributed by atoms with Crippen LogP contribution in [0.5, 0.6) is 5.75 Å². The molecule has 0 atom stereocenters. The van der Waals surface area contributed by atoms with Gasteiger partial charge in [-0.2, -0.15) is 0 Å². The minimum Gasteiger partial charge on any atom is -0.493 e. The van der Waals surface area contributed by atoms with Gasteiger partial charge in [0.05, 0.1) is 30.9 Å². The van der Waals surface area contributed by atoms with E-state index in [9.17, 15) is 14.4 Å². The molecular formula is C27H32Cl2FN3O4S. The molecule has 1 aliphatic carbocycles. The summed E-state index contributed by atoms with van der Waals surface area (Å²) in [7, 11) is 0. The number of hydrazine groups is 1. The lowest BCUT2D eigenvalue weighted by atomic mass is 9.83. The number of nitrogens with zero attached hydrogens (tertiary/aromatic N) is 2. The number of benzene rings is 2. The second-order valence-corrected chi connectivity index (χ2v) is 12.3. The molecule has 3 aliphatic rings. The van der Waals surface area contributed by atoms with Crippen molar-refractivity contribution < 1.29 is 23.9 Å². The molecule has 0 unspecified atom stereocenters. The first-order valence-corrected chi connectivity index (χ1v) is 14.7. The van der Waals surface area contributed by atoms with Gasteiger partial charge in [0.25, 0.3) is 5.91 Å². The Bertz CT molecular complexity index is 1150. The molecule has 2 N–H and O–H groups in total. The molecule has 5 rings (SSSR count). The van der Waals surface area contributed by atoms with Crippen LogP contribution < -0.4 is 10.2 Å². The van der Waals surface area contributed by atoms with Crippen LogP contribution in [-0.2, 0) is 10.3 Å². The van der Waals surface area contributed by atoms with Crippen LogP contribution in [-0.4, -0.2) is 59.3 Å². The summed E-state index contributed by atoms with van der Waals surface area (Å²) in [4.78, 5) is 15.0. The van der Waals surface area contributed by atoms with Crippen LogP contribution >= 0.6 is 35.1 Å². The Hall–Kier alpha value is -1.59. The van der Waals surface area contributed by atoms with Gasteiger partial charge in [0.2, 0.25) is 0 Å². The van der Waals surface area contributed by atoms with Crippen LogP contribution in [0, 0.1) is 11.7 Å². The maximum absolute atomic E-state index is 14.9. The van der Waals surface area contributed by atoms with Crippen molar-refractivity contribution in [3.05, 3.63) is 62.9 Å². The summed E-state index contributed by atoms with van der Waals surface area (Å²) < 4.78 is 27.3. The van der Waals surface area contributed by atoms with E-state index in [1.807, 2.05) is 19.1 Å². The summed E-state index contributed by atoms with van der Waals surface area (Å²) >= 11 is 13.6. The van der Waals surface area contributed by atoms with E-state index in [-0.39, 0.29) is 17.0 Å². The number of carbonyl (C=O) groups is 1. The van der Waals surface area contributed by atoms with Crippen molar-refractivity contribution >= 4 is 41.1 Å². The van der Waals surface area contributed by atoms with E-state index in [0.717, 1.165) is 61.8 Å². The van der Waals surface area contributed by atoms with Gasteiger partial charge in [0.15, 0.2) is 0 Å². The highest BCUT2D eigenvalue weighted by Crippen LogP contribution is 2.46. The monoisotopic (exact) mass is 583 g/mol. The van der Waals surface area contributed by atoms with Crippen LogP contribution in [0.3, 0.4) is 0 Å². The SMILES string of the molecule is CCSN(O)NC(=O)c1cc(C2CC2)c(OCC2CCN(C3(c4cc(Cl)cc(Cl)c4)COC3)CC2)cc1F. The quantitative estimate of drug-likeness (QED) is 0.261. The maximum atomic E-state index is 14.9. The van der Waals surface area contributed by atoms with Gasteiger partial charge >= 0.3 is 0 Å². The fourth-order valence-electron chi connectivity index (χ4n) is 5.27. The third kappa shape index (κ3) is 6.09. The molecule has 2 aromatic rings. The predicted octanol–water partition coefficient (Wildman–Crippen LogP) is 6.03. The highest BCUT2D eigenvalue weighted by atomic mass is 35.5. The van der Waals surface area contributed by atoms with E-state index < -0.39 is 11.7 Å². The Morgan fingerprint density at radius 1 is 1.18 bits per heavy atom. The Morgan fingerprint density at radius 3 is 2.45 bits per heavy atom. The van der Waals surface area contributed by atoms with Gasteiger partial charge in [-0.25, -0.2) is 4.39 Å². The first-order chi connectivity index (χ1) is 18.3. The molecule has 11 heteroatoms. The van der Waals surface area contributed by atoms with Crippen molar-refractivity contribution in [2.45, 2.75) is 44.1 Å². The number of nitrogens with one attached hydrogen (secondary N) is 1. The van der Waals surface area contributed by atoms with Crippen molar-refractivity contribution in [1.82, 2.24) is 14.9 Å². The third-order valence-corrected chi connectivity index (χ3v) is 8.62. The fourth-order valence-corrected chi connectivity index (χ4v) is 6.19. The standard InChI is InChI=1S/C27H32Cl2FN3O4S/c1-2-38-33(35)31-26(34)23-12-22(18-3-4-18)25(13-24(23)30)37-14-17-5-7-32(8-6-17)27(15-36-16-27)19-9-20(28)11-21(29)10-19/h9-13,17-18,35H,2-8,14-16H2,1H3,(H,31,34).